The first-order valence-electron chi connectivity index (χ1n) is 6.99. The highest BCUT2D eigenvalue weighted by molar-refractivity contribution is 7.11. The summed E-state index contributed by atoms with van der Waals surface area (Å²) in [6.45, 7) is 6.73. The van der Waals surface area contributed by atoms with Gasteiger partial charge in [0.1, 0.15) is 0 Å². The zero-order valence-electron chi connectivity index (χ0n) is 10.8. The molecule has 0 amide bonds. The van der Waals surface area contributed by atoms with E-state index >= 15 is 0 Å². The normalized spacial score (nSPS) is 27.4. The lowest BCUT2D eigenvalue weighted by molar-refractivity contribution is 0.676. The van der Waals surface area contributed by atoms with Crippen molar-refractivity contribution in [1.29, 1.82) is 0 Å². The standard InChI is InChI=1S/C14H22N2S/c1-3-6-15-8-12-13(10-4-5-10)16-14(17-12)11-7-9(11)2/h9-11,15H,3-8H2,1-2H3. The van der Waals surface area contributed by atoms with Crippen LogP contribution in [0.2, 0.25) is 0 Å². The van der Waals surface area contributed by atoms with Crippen LogP contribution in [0.1, 0.15) is 66.9 Å². The van der Waals surface area contributed by atoms with Gasteiger partial charge in [0.15, 0.2) is 0 Å². The van der Waals surface area contributed by atoms with Gasteiger partial charge in [-0.1, -0.05) is 13.8 Å². The Hall–Kier alpha value is -0.410. The lowest BCUT2D eigenvalue weighted by Gasteiger charge is -2.01. The minimum absolute atomic E-state index is 0.789. The van der Waals surface area contributed by atoms with Crippen LogP contribution in [0.4, 0.5) is 0 Å². The molecule has 2 fully saturated rings. The van der Waals surface area contributed by atoms with Gasteiger partial charge in [0.25, 0.3) is 0 Å². The lowest BCUT2D eigenvalue weighted by atomic mass is 10.2. The van der Waals surface area contributed by atoms with E-state index in [9.17, 15) is 0 Å². The monoisotopic (exact) mass is 250 g/mol. The number of aromatic nitrogens is 1. The zero-order valence-corrected chi connectivity index (χ0v) is 11.6. The van der Waals surface area contributed by atoms with Gasteiger partial charge in [0.05, 0.1) is 10.7 Å². The molecule has 0 saturated heterocycles. The highest BCUT2D eigenvalue weighted by Gasteiger charge is 2.38. The van der Waals surface area contributed by atoms with Crippen molar-refractivity contribution < 1.29 is 0 Å². The van der Waals surface area contributed by atoms with Gasteiger partial charge in [-0.3, -0.25) is 0 Å². The van der Waals surface area contributed by atoms with Crippen LogP contribution in [-0.2, 0) is 6.54 Å². The quantitative estimate of drug-likeness (QED) is 0.780. The van der Waals surface area contributed by atoms with Crippen molar-refractivity contribution in [3.63, 3.8) is 0 Å². The van der Waals surface area contributed by atoms with Gasteiger partial charge in [-0.05, 0) is 38.1 Å². The maximum atomic E-state index is 4.94. The summed E-state index contributed by atoms with van der Waals surface area (Å²) in [4.78, 5) is 6.47. The first kappa shape index (κ1) is 11.7. The summed E-state index contributed by atoms with van der Waals surface area (Å²) in [5.41, 5.74) is 1.44. The minimum Gasteiger partial charge on any atom is -0.312 e. The Balaban J connectivity index is 1.72. The molecule has 0 spiro atoms. The molecule has 2 saturated carbocycles. The fraction of sp³-hybridized carbons (Fsp3) is 0.786. The SMILES string of the molecule is CCCNCc1sc(C2CC2C)nc1C1CC1. The summed E-state index contributed by atoms with van der Waals surface area (Å²) >= 11 is 1.98. The molecule has 2 aliphatic carbocycles. The maximum Gasteiger partial charge on any atom is 0.0965 e. The van der Waals surface area contributed by atoms with Crippen molar-refractivity contribution in [3.8, 4) is 0 Å². The molecule has 2 nitrogen and oxygen atoms in total. The molecular weight excluding hydrogens is 228 g/mol. The second kappa shape index (κ2) is 4.69. The Morgan fingerprint density at radius 3 is 2.76 bits per heavy atom. The molecule has 1 heterocycles. The Bertz CT molecular complexity index is 395. The number of hydrogen-bond acceptors (Lipinski definition) is 3. The van der Waals surface area contributed by atoms with Crippen molar-refractivity contribution in [2.24, 2.45) is 5.92 Å². The van der Waals surface area contributed by atoms with Gasteiger partial charge in [-0.15, -0.1) is 11.3 Å². The highest BCUT2D eigenvalue weighted by atomic mass is 32.1. The third-order valence-electron chi connectivity index (χ3n) is 3.85. The van der Waals surface area contributed by atoms with E-state index in [1.807, 2.05) is 11.3 Å². The molecule has 1 aromatic heterocycles. The molecule has 0 aromatic carbocycles. The number of nitrogens with zero attached hydrogens (tertiary/aromatic N) is 1. The second-order valence-electron chi connectivity index (χ2n) is 5.63. The second-order valence-corrected chi connectivity index (χ2v) is 6.75. The Morgan fingerprint density at radius 1 is 1.41 bits per heavy atom. The largest absolute Gasteiger partial charge is 0.312 e. The van der Waals surface area contributed by atoms with E-state index in [0.717, 1.165) is 30.8 Å². The van der Waals surface area contributed by atoms with Crippen LogP contribution < -0.4 is 5.32 Å². The fourth-order valence-electron chi connectivity index (χ4n) is 2.39. The average Bonchev–Trinajstić information content (AvgIpc) is 3.22. The Labute approximate surface area is 108 Å². The molecule has 0 radical (unpaired) electrons. The summed E-state index contributed by atoms with van der Waals surface area (Å²) in [5.74, 6) is 2.47. The van der Waals surface area contributed by atoms with Crippen LogP contribution in [0.15, 0.2) is 0 Å². The van der Waals surface area contributed by atoms with E-state index in [1.165, 1.54) is 41.3 Å². The summed E-state index contributed by atoms with van der Waals surface area (Å²) in [5, 5.41) is 4.95. The predicted molar refractivity (Wildman–Crippen MR) is 72.6 cm³/mol. The van der Waals surface area contributed by atoms with E-state index in [-0.39, 0.29) is 0 Å². The van der Waals surface area contributed by atoms with Crippen LogP contribution in [0.25, 0.3) is 0 Å². The molecule has 1 aromatic rings. The molecule has 0 bridgehead atoms. The van der Waals surface area contributed by atoms with E-state index in [1.54, 1.807) is 0 Å². The lowest BCUT2D eigenvalue weighted by Crippen LogP contribution is -2.13. The molecular formula is C14H22N2S. The third kappa shape index (κ3) is 2.55. The average molecular weight is 250 g/mol. The van der Waals surface area contributed by atoms with Crippen molar-refractivity contribution in [2.45, 2.75) is 57.9 Å². The molecule has 17 heavy (non-hydrogen) atoms. The zero-order chi connectivity index (χ0) is 11.8. The molecule has 2 aliphatic rings. The summed E-state index contributed by atoms with van der Waals surface area (Å²) in [6, 6.07) is 0. The molecule has 3 heteroatoms. The first-order chi connectivity index (χ1) is 8.29. The number of thiazole rings is 1. The van der Waals surface area contributed by atoms with Gasteiger partial charge in [-0.2, -0.15) is 0 Å². The third-order valence-corrected chi connectivity index (χ3v) is 5.05. The fourth-order valence-corrected chi connectivity index (χ4v) is 3.76. The number of rotatable bonds is 6. The summed E-state index contributed by atoms with van der Waals surface area (Å²) < 4.78 is 0. The van der Waals surface area contributed by atoms with E-state index in [4.69, 9.17) is 4.98 Å². The highest BCUT2D eigenvalue weighted by Crippen LogP contribution is 2.51. The number of hydrogen-bond donors (Lipinski definition) is 1. The number of nitrogens with one attached hydrogen (secondary N) is 1. The maximum absolute atomic E-state index is 4.94. The predicted octanol–water partition coefficient (Wildman–Crippen LogP) is 3.64. The van der Waals surface area contributed by atoms with Gasteiger partial charge in [-0.25, -0.2) is 4.98 Å². The summed E-state index contributed by atoms with van der Waals surface area (Å²) in [7, 11) is 0. The van der Waals surface area contributed by atoms with Gasteiger partial charge >= 0.3 is 0 Å². The molecule has 1 N–H and O–H groups in total. The Morgan fingerprint density at radius 2 is 2.18 bits per heavy atom. The van der Waals surface area contributed by atoms with Crippen molar-refractivity contribution in [1.82, 2.24) is 10.3 Å². The van der Waals surface area contributed by atoms with Crippen LogP contribution in [0.5, 0.6) is 0 Å². The van der Waals surface area contributed by atoms with E-state index in [2.05, 4.69) is 19.2 Å². The van der Waals surface area contributed by atoms with Gasteiger partial charge in [0, 0.05) is 23.3 Å². The Kier molecular flexibility index (Phi) is 3.22. The van der Waals surface area contributed by atoms with Gasteiger partial charge in [0.2, 0.25) is 0 Å². The van der Waals surface area contributed by atoms with E-state index in [0.29, 0.717) is 0 Å². The molecule has 2 atom stereocenters. The molecule has 0 aliphatic heterocycles. The van der Waals surface area contributed by atoms with Crippen LogP contribution in [0.3, 0.4) is 0 Å². The van der Waals surface area contributed by atoms with E-state index < -0.39 is 0 Å². The van der Waals surface area contributed by atoms with Crippen molar-refractivity contribution >= 4 is 11.3 Å². The smallest absolute Gasteiger partial charge is 0.0965 e. The van der Waals surface area contributed by atoms with Crippen LogP contribution in [-0.4, -0.2) is 11.5 Å². The topological polar surface area (TPSA) is 24.9 Å². The van der Waals surface area contributed by atoms with Gasteiger partial charge < -0.3 is 5.32 Å². The molecule has 94 valence electrons. The van der Waals surface area contributed by atoms with Crippen LogP contribution in [0, 0.1) is 5.92 Å². The minimum atomic E-state index is 0.789. The van der Waals surface area contributed by atoms with Crippen molar-refractivity contribution in [3.05, 3.63) is 15.6 Å². The first-order valence-corrected chi connectivity index (χ1v) is 7.81. The molecule has 2 unspecified atom stereocenters. The molecule has 3 rings (SSSR count). The van der Waals surface area contributed by atoms with Crippen molar-refractivity contribution in [2.75, 3.05) is 6.54 Å². The summed E-state index contributed by atoms with van der Waals surface area (Å²) in [6.07, 6.45) is 5.30. The van der Waals surface area contributed by atoms with Crippen LogP contribution >= 0.6 is 11.3 Å².